The van der Waals surface area contributed by atoms with Crippen LogP contribution in [0.5, 0.6) is 0 Å². The topological polar surface area (TPSA) is 84.2 Å². The molecule has 0 saturated heterocycles. The van der Waals surface area contributed by atoms with Gasteiger partial charge in [-0.25, -0.2) is 9.78 Å². The van der Waals surface area contributed by atoms with E-state index in [0.29, 0.717) is 19.0 Å². The van der Waals surface area contributed by atoms with Crippen molar-refractivity contribution in [1.29, 1.82) is 0 Å². The Balaban J connectivity index is 1.77. The van der Waals surface area contributed by atoms with Crippen LogP contribution in [0.15, 0.2) is 18.2 Å². The Morgan fingerprint density at radius 2 is 2.16 bits per heavy atom. The van der Waals surface area contributed by atoms with Gasteiger partial charge in [0.15, 0.2) is 0 Å². The molecule has 1 saturated carbocycles. The number of hydrogen-bond donors (Lipinski definition) is 2. The Morgan fingerprint density at radius 3 is 2.76 bits per heavy atom. The Morgan fingerprint density at radius 1 is 1.40 bits per heavy atom. The number of nitrogens with one attached hydrogen (secondary N) is 1. The molecule has 2 aromatic rings. The average molecular weight is 344 g/mol. The number of carbonyl (C=O) groups excluding carboxylic acids is 1. The second-order valence-electron chi connectivity index (χ2n) is 7.90. The van der Waals surface area contributed by atoms with E-state index < -0.39 is 5.60 Å². The minimum Gasteiger partial charge on any atom is -0.444 e. The summed E-state index contributed by atoms with van der Waals surface area (Å²) in [4.78, 5) is 22.2. The van der Waals surface area contributed by atoms with Gasteiger partial charge in [0.25, 0.3) is 0 Å². The third-order valence-electron chi connectivity index (χ3n) is 4.52. The molecule has 6 nitrogen and oxygen atoms in total. The molecular weight excluding hydrogens is 316 g/mol. The van der Waals surface area contributed by atoms with Gasteiger partial charge in [0.2, 0.25) is 0 Å². The minimum atomic E-state index is -0.493. The van der Waals surface area contributed by atoms with Gasteiger partial charge in [-0.3, -0.25) is 0 Å². The molecule has 0 unspecified atom stereocenters. The number of nitrogens with two attached hydrogens (primary N) is 1. The van der Waals surface area contributed by atoms with Crippen molar-refractivity contribution in [3.05, 3.63) is 29.6 Å². The monoisotopic (exact) mass is 344 g/mol. The first-order chi connectivity index (χ1) is 11.8. The Bertz CT molecular complexity index is 743. The number of amides is 1. The molecule has 25 heavy (non-hydrogen) atoms. The van der Waals surface area contributed by atoms with Gasteiger partial charge in [-0.05, 0) is 57.7 Å². The van der Waals surface area contributed by atoms with E-state index in [4.69, 9.17) is 10.5 Å². The zero-order chi connectivity index (χ0) is 18.0. The summed E-state index contributed by atoms with van der Waals surface area (Å²) in [6.07, 6.45) is 3.37. The summed E-state index contributed by atoms with van der Waals surface area (Å²) >= 11 is 0. The maximum absolute atomic E-state index is 12.6. The summed E-state index contributed by atoms with van der Waals surface area (Å²) in [7, 11) is 0. The highest BCUT2D eigenvalue weighted by atomic mass is 16.6. The van der Waals surface area contributed by atoms with Gasteiger partial charge >= 0.3 is 6.09 Å². The molecule has 2 aromatic heterocycles. The fraction of sp³-hybridized carbons (Fsp3) is 0.579. The highest BCUT2D eigenvalue weighted by Gasteiger charge is 2.27. The largest absolute Gasteiger partial charge is 0.444 e. The van der Waals surface area contributed by atoms with Crippen molar-refractivity contribution < 1.29 is 9.53 Å². The normalized spacial score (nSPS) is 15.2. The molecule has 3 N–H and O–H groups in total. The molecule has 0 spiro atoms. The van der Waals surface area contributed by atoms with Crippen LogP contribution in [0.1, 0.15) is 51.4 Å². The third-order valence-corrected chi connectivity index (χ3v) is 4.52. The fourth-order valence-electron chi connectivity index (χ4n) is 3.02. The van der Waals surface area contributed by atoms with Crippen LogP contribution in [-0.4, -0.2) is 33.1 Å². The Labute approximate surface area is 148 Å². The van der Waals surface area contributed by atoms with E-state index in [0.717, 1.165) is 29.0 Å². The first-order valence-electron chi connectivity index (χ1n) is 8.99. The van der Waals surface area contributed by atoms with E-state index in [-0.39, 0.29) is 6.09 Å². The molecule has 0 bridgehead atoms. The molecule has 1 fully saturated rings. The van der Waals surface area contributed by atoms with Crippen molar-refractivity contribution >= 4 is 17.1 Å². The number of ether oxygens (including phenoxy) is 1. The summed E-state index contributed by atoms with van der Waals surface area (Å²) in [5.74, 6) is 0.582. The van der Waals surface area contributed by atoms with E-state index in [1.807, 2.05) is 43.9 Å². The number of nitrogens with zero attached hydrogens (tertiary/aromatic N) is 2. The van der Waals surface area contributed by atoms with Crippen LogP contribution in [-0.2, 0) is 17.8 Å². The average Bonchev–Trinajstić information content (AvgIpc) is 2.88. The molecule has 1 amide bonds. The molecule has 1 aliphatic rings. The lowest BCUT2D eigenvalue weighted by molar-refractivity contribution is 0.0171. The van der Waals surface area contributed by atoms with Crippen molar-refractivity contribution in [3.63, 3.8) is 0 Å². The predicted molar refractivity (Wildman–Crippen MR) is 98.0 cm³/mol. The molecular formula is C19H28N4O2. The number of aromatic nitrogens is 2. The molecule has 0 radical (unpaired) electrons. The second-order valence-corrected chi connectivity index (χ2v) is 7.90. The van der Waals surface area contributed by atoms with Crippen LogP contribution in [0.2, 0.25) is 0 Å². The van der Waals surface area contributed by atoms with Crippen LogP contribution in [0, 0.1) is 5.92 Å². The number of fused-ring (bicyclic) bond motifs is 1. The highest BCUT2D eigenvalue weighted by molar-refractivity contribution is 5.77. The van der Waals surface area contributed by atoms with Gasteiger partial charge in [0.05, 0.1) is 12.2 Å². The van der Waals surface area contributed by atoms with E-state index in [1.54, 1.807) is 0 Å². The van der Waals surface area contributed by atoms with Crippen molar-refractivity contribution in [1.82, 2.24) is 14.9 Å². The summed E-state index contributed by atoms with van der Waals surface area (Å²) in [5, 5.41) is 1.03. The molecule has 1 aliphatic carbocycles. The molecule has 3 rings (SSSR count). The molecule has 6 heteroatoms. The van der Waals surface area contributed by atoms with Gasteiger partial charge in [-0.2, -0.15) is 0 Å². The Hall–Kier alpha value is -2.08. The standard InChI is InChI=1S/C19H28N4O2/c1-19(2,3)25-18(24)23(11-13-5-4-6-13)12-16-9-14-7-8-15(10-20)21-17(14)22-16/h7-9,13H,4-6,10-12,20H2,1-3H3,(H,21,22). The number of rotatable bonds is 5. The van der Waals surface area contributed by atoms with Crippen molar-refractivity contribution in [2.24, 2.45) is 11.7 Å². The molecule has 0 aliphatic heterocycles. The van der Waals surface area contributed by atoms with Gasteiger partial charge < -0.3 is 20.4 Å². The lowest BCUT2D eigenvalue weighted by atomic mass is 9.85. The fourth-order valence-corrected chi connectivity index (χ4v) is 3.02. The molecule has 2 heterocycles. The van der Waals surface area contributed by atoms with E-state index in [9.17, 15) is 4.79 Å². The second kappa shape index (κ2) is 7.04. The first kappa shape index (κ1) is 17.7. The van der Waals surface area contributed by atoms with Gasteiger partial charge in [-0.1, -0.05) is 6.42 Å². The lowest BCUT2D eigenvalue weighted by Crippen LogP contribution is -2.40. The minimum absolute atomic E-state index is 0.256. The van der Waals surface area contributed by atoms with E-state index in [1.165, 1.54) is 19.3 Å². The lowest BCUT2D eigenvalue weighted by Gasteiger charge is -2.33. The summed E-state index contributed by atoms with van der Waals surface area (Å²) in [5.41, 5.74) is 7.78. The smallest absolute Gasteiger partial charge is 0.410 e. The number of aromatic amines is 1. The van der Waals surface area contributed by atoms with Crippen molar-refractivity contribution in [2.45, 2.75) is 58.7 Å². The third kappa shape index (κ3) is 4.51. The predicted octanol–water partition coefficient (Wildman–Crippen LogP) is 3.56. The van der Waals surface area contributed by atoms with Crippen LogP contribution in [0.3, 0.4) is 0 Å². The molecule has 136 valence electrons. The van der Waals surface area contributed by atoms with Crippen LogP contribution >= 0.6 is 0 Å². The van der Waals surface area contributed by atoms with Crippen LogP contribution in [0.25, 0.3) is 11.0 Å². The zero-order valence-corrected chi connectivity index (χ0v) is 15.3. The number of carbonyl (C=O) groups is 1. The SMILES string of the molecule is CC(C)(C)OC(=O)N(Cc1cc2ccc(CN)nc2[nH]1)CC1CCC1. The van der Waals surface area contributed by atoms with Gasteiger partial charge in [0, 0.05) is 24.2 Å². The highest BCUT2D eigenvalue weighted by Crippen LogP contribution is 2.28. The number of H-pyrrole nitrogens is 1. The van der Waals surface area contributed by atoms with Gasteiger partial charge in [0.1, 0.15) is 11.2 Å². The first-order valence-corrected chi connectivity index (χ1v) is 8.99. The number of hydrogen-bond acceptors (Lipinski definition) is 4. The maximum Gasteiger partial charge on any atom is 0.410 e. The van der Waals surface area contributed by atoms with E-state index >= 15 is 0 Å². The zero-order valence-electron chi connectivity index (χ0n) is 15.3. The Kier molecular flexibility index (Phi) is 4.99. The molecule has 0 aromatic carbocycles. The summed E-state index contributed by atoms with van der Waals surface area (Å²) in [6.45, 7) is 7.34. The van der Waals surface area contributed by atoms with Crippen molar-refractivity contribution in [3.8, 4) is 0 Å². The van der Waals surface area contributed by atoms with Crippen LogP contribution < -0.4 is 5.73 Å². The quantitative estimate of drug-likeness (QED) is 0.868. The maximum atomic E-state index is 12.6. The summed E-state index contributed by atoms with van der Waals surface area (Å²) in [6, 6.07) is 5.98. The summed E-state index contributed by atoms with van der Waals surface area (Å²) < 4.78 is 5.59. The van der Waals surface area contributed by atoms with E-state index in [2.05, 4.69) is 9.97 Å². The molecule has 0 atom stereocenters. The number of pyridine rings is 1. The van der Waals surface area contributed by atoms with Gasteiger partial charge in [-0.15, -0.1) is 0 Å². The van der Waals surface area contributed by atoms with Crippen molar-refractivity contribution in [2.75, 3.05) is 6.54 Å². The van der Waals surface area contributed by atoms with Crippen LogP contribution in [0.4, 0.5) is 4.79 Å².